The number of aromatic hydroxyl groups is 2. The number of carbonyl (C=O) groups excluding carboxylic acids is 3. The minimum Gasteiger partial charge on any atom is -0.504 e. The van der Waals surface area contributed by atoms with Gasteiger partial charge in [-0.1, -0.05) is 39.8 Å². The lowest BCUT2D eigenvalue weighted by molar-refractivity contribution is -0.165. The number of aliphatic hydroxyl groups excluding tert-OH is 1. The Balaban J connectivity index is 1.46. The Labute approximate surface area is 263 Å². The van der Waals surface area contributed by atoms with Crippen LogP contribution in [-0.2, 0) is 25.5 Å². The molecule has 4 N–H and O–H groups in total. The van der Waals surface area contributed by atoms with Gasteiger partial charge in [0.15, 0.2) is 11.5 Å². The molecule has 2 amide bonds. The first kappa shape index (κ1) is 33.5. The van der Waals surface area contributed by atoms with Crippen molar-refractivity contribution in [1.82, 2.24) is 10.2 Å². The van der Waals surface area contributed by atoms with E-state index in [1.807, 2.05) is 13.2 Å². The zero-order chi connectivity index (χ0) is 31.5. The van der Waals surface area contributed by atoms with Crippen LogP contribution in [0.25, 0.3) is 0 Å². The van der Waals surface area contributed by atoms with Crippen LogP contribution in [0.1, 0.15) is 71.8 Å². The van der Waals surface area contributed by atoms with E-state index in [9.17, 15) is 29.7 Å². The van der Waals surface area contributed by atoms with Crippen molar-refractivity contribution in [3.63, 3.8) is 0 Å². The van der Waals surface area contributed by atoms with Crippen molar-refractivity contribution in [2.45, 2.75) is 96.9 Å². The number of phenols is 2. The zero-order valence-corrected chi connectivity index (χ0v) is 27.4. The number of fused-ring (bicyclic) bond motifs is 2. The third-order valence-electron chi connectivity index (χ3n) is 10.1. The van der Waals surface area contributed by atoms with Gasteiger partial charge in [-0.05, 0) is 73.8 Å². The molecular weight excluding hydrogens is 588 g/mol. The third-order valence-corrected chi connectivity index (χ3v) is 12.5. The van der Waals surface area contributed by atoms with E-state index in [4.69, 9.17) is 4.74 Å². The summed E-state index contributed by atoms with van der Waals surface area (Å²) in [4.78, 5) is 42.2. The Morgan fingerprint density at radius 1 is 1.19 bits per heavy atom. The smallest absolute Gasteiger partial charge is 0.329 e. The molecule has 4 rings (SSSR count). The van der Waals surface area contributed by atoms with Gasteiger partial charge in [-0.15, -0.1) is 23.5 Å². The molecule has 1 aromatic rings. The van der Waals surface area contributed by atoms with E-state index in [1.165, 1.54) is 30.0 Å². The molecule has 3 fully saturated rings. The van der Waals surface area contributed by atoms with Crippen molar-refractivity contribution >= 4 is 41.3 Å². The van der Waals surface area contributed by atoms with Gasteiger partial charge in [0, 0.05) is 28.4 Å². The average molecular weight is 635 g/mol. The minimum atomic E-state index is -1.49. The van der Waals surface area contributed by atoms with Crippen LogP contribution < -0.4 is 5.32 Å². The van der Waals surface area contributed by atoms with Crippen molar-refractivity contribution in [2.24, 2.45) is 16.7 Å². The van der Waals surface area contributed by atoms with Crippen molar-refractivity contribution in [3.05, 3.63) is 34.1 Å². The van der Waals surface area contributed by atoms with Gasteiger partial charge in [0.1, 0.15) is 24.3 Å². The van der Waals surface area contributed by atoms with Gasteiger partial charge in [0.25, 0.3) is 0 Å². The van der Waals surface area contributed by atoms with Gasteiger partial charge in [-0.25, -0.2) is 4.79 Å². The van der Waals surface area contributed by atoms with E-state index in [0.717, 1.165) is 29.9 Å². The molecular formula is C32H46N2O7S2. The van der Waals surface area contributed by atoms with Gasteiger partial charge in [0.2, 0.25) is 11.8 Å². The first-order valence-electron chi connectivity index (χ1n) is 15.2. The van der Waals surface area contributed by atoms with Crippen molar-refractivity contribution in [1.29, 1.82) is 0 Å². The fraction of sp³-hybridized carbons (Fsp3) is 0.656. The maximum Gasteiger partial charge on any atom is 0.329 e. The summed E-state index contributed by atoms with van der Waals surface area (Å²) < 4.78 is 7.18. The fourth-order valence-electron chi connectivity index (χ4n) is 6.99. The van der Waals surface area contributed by atoms with Crippen molar-refractivity contribution in [2.75, 3.05) is 18.6 Å². The molecule has 43 heavy (non-hydrogen) atoms. The summed E-state index contributed by atoms with van der Waals surface area (Å²) in [6, 6.07) is 2.39. The Hall–Kier alpha value is -2.37. The van der Waals surface area contributed by atoms with Crippen LogP contribution in [0.3, 0.4) is 0 Å². The van der Waals surface area contributed by atoms with E-state index in [0.29, 0.717) is 30.9 Å². The summed E-state index contributed by atoms with van der Waals surface area (Å²) in [5.74, 6) is -1.37. The Bertz CT molecular complexity index is 1240. The largest absolute Gasteiger partial charge is 0.504 e. The number of thioether (sulfide) groups is 2. The molecule has 2 saturated carbocycles. The predicted octanol–water partition coefficient (Wildman–Crippen LogP) is 4.58. The first-order valence-corrected chi connectivity index (χ1v) is 17.4. The number of likely N-dealkylation sites (tertiary alicyclic amines) is 1. The van der Waals surface area contributed by atoms with Crippen LogP contribution in [0.4, 0.5) is 0 Å². The second-order valence-electron chi connectivity index (χ2n) is 12.8. The highest BCUT2D eigenvalue weighted by Crippen LogP contribution is 2.66. The summed E-state index contributed by atoms with van der Waals surface area (Å²) >= 11 is 3.01. The number of ether oxygens (including phenoxy) is 1. The van der Waals surface area contributed by atoms with Crippen molar-refractivity contribution < 1.29 is 34.4 Å². The van der Waals surface area contributed by atoms with E-state index in [-0.39, 0.29) is 52.5 Å². The number of esters is 1. The summed E-state index contributed by atoms with van der Waals surface area (Å²) in [5, 5.41) is 32.7. The van der Waals surface area contributed by atoms with E-state index in [1.54, 1.807) is 16.7 Å². The minimum absolute atomic E-state index is 0.0851. The normalized spacial score (nSPS) is 27.6. The maximum absolute atomic E-state index is 14.0. The van der Waals surface area contributed by atoms with E-state index in [2.05, 4.69) is 32.2 Å². The molecule has 6 atom stereocenters. The lowest BCUT2D eigenvalue weighted by atomic mass is 9.70. The van der Waals surface area contributed by atoms with Crippen LogP contribution in [-0.4, -0.2) is 80.8 Å². The molecule has 1 saturated heterocycles. The second kappa shape index (κ2) is 13.7. The molecule has 1 aromatic carbocycles. The van der Waals surface area contributed by atoms with Gasteiger partial charge in [-0.2, -0.15) is 0 Å². The molecule has 1 heterocycles. The number of benzene rings is 1. The quantitative estimate of drug-likeness (QED) is 0.192. The number of aliphatic hydroxyl groups is 1. The molecule has 6 unspecified atom stereocenters. The van der Waals surface area contributed by atoms with Crippen LogP contribution in [0.15, 0.2) is 28.5 Å². The maximum atomic E-state index is 14.0. The summed E-state index contributed by atoms with van der Waals surface area (Å²) in [6.45, 7) is 9.17. The molecule has 11 heteroatoms. The summed E-state index contributed by atoms with van der Waals surface area (Å²) in [6.07, 6.45) is 7.24. The van der Waals surface area contributed by atoms with Crippen LogP contribution >= 0.6 is 23.5 Å². The number of rotatable bonds is 12. The monoisotopic (exact) mass is 634 g/mol. The molecule has 0 radical (unpaired) electrons. The SMILES string of the molecule is CC/C=C(\SC)SCC(NC(=O)C(O)Cc1ccc(O)c(O)c1)C(=O)N1CCCC1C(=O)OC1CC2CCC1(C)C2(C)C. The number of nitrogens with zero attached hydrogens (tertiary/aromatic N) is 1. The van der Waals surface area contributed by atoms with Gasteiger partial charge in [0.05, 0.1) is 0 Å². The molecule has 2 aliphatic carbocycles. The first-order chi connectivity index (χ1) is 20.3. The Morgan fingerprint density at radius 3 is 2.53 bits per heavy atom. The standard InChI is InChI=1S/C32H46N2O7S2/c1-6-8-27(42-5)43-18-21(33-28(38)25(37)16-19-10-11-23(35)24(36)15-19)29(39)34-14-7-9-22(34)30(40)41-26-17-20-12-13-32(26,4)31(20,2)3/h8,10-11,15,20-22,25-26,35-37H,6-7,9,12-14,16-18H2,1-5H3,(H,33,38)/b27-8+. The molecule has 238 valence electrons. The topological polar surface area (TPSA) is 136 Å². The summed E-state index contributed by atoms with van der Waals surface area (Å²) in [7, 11) is 0. The number of carbonyl (C=O) groups is 3. The number of amides is 2. The van der Waals surface area contributed by atoms with Crippen molar-refractivity contribution in [3.8, 4) is 11.5 Å². The molecule has 9 nitrogen and oxygen atoms in total. The summed E-state index contributed by atoms with van der Waals surface area (Å²) in [5.41, 5.74) is 0.458. The highest BCUT2D eigenvalue weighted by atomic mass is 32.2. The van der Waals surface area contributed by atoms with E-state index >= 15 is 0 Å². The number of hydrogen-bond acceptors (Lipinski definition) is 9. The van der Waals surface area contributed by atoms with Gasteiger partial charge >= 0.3 is 5.97 Å². The number of allylic oxidation sites excluding steroid dienone is 1. The van der Waals surface area contributed by atoms with Crippen LogP contribution in [0.2, 0.25) is 0 Å². The number of phenolic OH excluding ortho intramolecular Hbond substituents is 2. The fourth-order valence-corrected chi connectivity index (χ4v) is 8.84. The number of hydrogen-bond donors (Lipinski definition) is 4. The molecule has 2 bridgehead atoms. The van der Waals surface area contributed by atoms with Crippen LogP contribution in [0.5, 0.6) is 11.5 Å². The lowest BCUT2D eigenvalue weighted by Crippen LogP contribution is -2.55. The molecule has 0 spiro atoms. The Morgan fingerprint density at radius 2 is 1.93 bits per heavy atom. The molecule has 3 aliphatic rings. The highest BCUT2D eigenvalue weighted by Gasteiger charge is 2.63. The Kier molecular flexibility index (Phi) is 10.7. The van der Waals surface area contributed by atoms with Crippen LogP contribution in [0, 0.1) is 16.7 Å². The van der Waals surface area contributed by atoms with E-state index < -0.39 is 24.1 Å². The number of nitrogens with one attached hydrogen (secondary N) is 1. The molecule has 0 aromatic heterocycles. The highest BCUT2D eigenvalue weighted by molar-refractivity contribution is 8.22. The third kappa shape index (κ3) is 6.99. The predicted molar refractivity (Wildman–Crippen MR) is 170 cm³/mol. The average Bonchev–Trinajstić information content (AvgIpc) is 3.59. The lowest BCUT2D eigenvalue weighted by Gasteiger charge is -2.39. The second-order valence-corrected chi connectivity index (χ2v) is 14.9. The van der Waals surface area contributed by atoms with Gasteiger partial charge < -0.3 is 30.3 Å². The van der Waals surface area contributed by atoms with Gasteiger partial charge in [-0.3, -0.25) is 9.59 Å². The zero-order valence-electron chi connectivity index (χ0n) is 25.8. The molecule has 1 aliphatic heterocycles.